The fraction of sp³-hybridized carbons (Fsp3) is 0.227. The Morgan fingerprint density at radius 3 is 2.52 bits per heavy atom. The summed E-state index contributed by atoms with van der Waals surface area (Å²) in [6.45, 7) is 5.67. The number of hydrogen-bond donors (Lipinski definition) is 0. The fourth-order valence-corrected chi connectivity index (χ4v) is 3.40. The average molecular weight is 380 g/mol. The molecule has 2 aromatic carbocycles. The van der Waals surface area contributed by atoms with Gasteiger partial charge >= 0.3 is 0 Å². The molecule has 27 heavy (non-hydrogen) atoms. The van der Waals surface area contributed by atoms with Gasteiger partial charge in [-0.25, -0.2) is 4.98 Å². The fourth-order valence-electron chi connectivity index (χ4n) is 3.24. The molecule has 0 radical (unpaired) electrons. The summed E-state index contributed by atoms with van der Waals surface area (Å²) in [7, 11) is 0. The first-order valence-electron chi connectivity index (χ1n) is 9.08. The van der Waals surface area contributed by atoms with Crippen molar-refractivity contribution in [3.63, 3.8) is 0 Å². The normalized spacial score (nSPS) is 13.2. The zero-order chi connectivity index (χ0) is 18.8. The van der Waals surface area contributed by atoms with Crippen molar-refractivity contribution in [1.29, 1.82) is 0 Å². The Morgan fingerprint density at radius 2 is 1.81 bits per heavy atom. The van der Waals surface area contributed by atoms with Crippen LogP contribution in [0.25, 0.3) is 0 Å². The molecule has 5 heteroatoms. The summed E-state index contributed by atoms with van der Waals surface area (Å²) >= 11 is 6.17. The highest BCUT2D eigenvalue weighted by molar-refractivity contribution is 6.30. The zero-order valence-electron chi connectivity index (χ0n) is 15.5. The van der Waals surface area contributed by atoms with Gasteiger partial charge < -0.3 is 14.5 Å². The third kappa shape index (κ3) is 3.71. The molecule has 1 aliphatic rings. The van der Waals surface area contributed by atoms with Crippen molar-refractivity contribution < 1.29 is 4.74 Å². The van der Waals surface area contributed by atoms with Gasteiger partial charge in [-0.2, -0.15) is 0 Å². The van der Waals surface area contributed by atoms with Crippen molar-refractivity contribution in [3.05, 3.63) is 77.4 Å². The summed E-state index contributed by atoms with van der Waals surface area (Å²) in [4.78, 5) is 9.07. The van der Waals surface area contributed by atoms with E-state index in [1.165, 1.54) is 0 Å². The van der Waals surface area contributed by atoms with Crippen LogP contribution in [0.5, 0.6) is 5.75 Å². The molecule has 0 saturated heterocycles. The molecule has 0 N–H and O–H groups in total. The van der Waals surface area contributed by atoms with Gasteiger partial charge in [-0.05, 0) is 49.7 Å². The van der Waals surface area contributed by atoms with Crippen LogP contribution in [0.4, 0.5) is 17.2 Å². The quantitative estimate of drug-likeness (QED) is 0.573. The van der Waals surface area contributed by atoms with E-state index in [0.29, 0.717) is 17.7 Å². The number of halogens is 1. The number of aromatic nitrogens is 1. The SMILES string of the molecule is CC(C)N1CN(c2ccc(OCc3ccccc3)cc2)c2ncc(Cl)cc21. The number of ether oxygens (including phenoxy) is 1. The maximum atomic E-state index is 6.17. The Kier molecular flexibility index (Phi) is 4.90. The second-order valence-corrected chi connectivity index (χ2v) is 7.33. The Labute approximate surface area is 165 Å². The molecule has 0 saturated carbocycles. The topological polar surface area (TPSA) is 28.6 Å². The van der Waals surface area contributed by atoms with Crippen molar-refractivity contribution in [2.45, 2.75) is 26.5 Å². The highest BCUT2D eigenvalue weighted by atomic mass is 35.5. The van der Waals surface area contributed by atoms with Crippen LogP contribution in [0.2, 0.25) is 5.02 Å². The van der Waals surface area contributed by atoms with Gasteiger partial charge in [-0.1, -0.05) is 41.9 Å². The number of rotatable bonds is 5. The van der Waals surface area contributed by atoms with E-state index in [0.717, 1.165) is 35.2 Å². The minimum Gasteiger partial charge on any atom is -0.489 e. The van der Waals surface area contributed by atoms with Crippen molar-refractivity contribution in [1.82, 2.24) is 4.98 Å². The van der Waals surface area contributed by atoms with Crippen LogP contribution in [0, 0.1) is 0 Å². The van der Waals surface area contributed by atoms with Crippen LogP contribution < -0.4 is 14.5 Å². The van der Waals surface area contributed by atoms with E-state index in [4.69, 9.17) is 16.3 Å². The summed E-state index contributed by atoms with van der Waals surface area (Å²) < 4.78 is 5.89. The van der Waals surface area contributed by atoms with Crippen LogP contribution in [-0.4, -0.2) is 17.7 Å². The lowest BCUT2D eigenvalue weighted by Gasteiger charge is -2.24. The van der Waals surface area contributed by atoms with Crippen molar-refractivity contribution in [3.8, 4) is 5.75 Å². The molecule has 0 aliphatic carbocycles. The van der Waals surface area contributed by atoms with Gasteiger partial charge in [0.25, 0.3) is 0 Å². The molecule has 0 atom stereocenters. The summed E-state index contributed by atoms with van der Waals surface area (Å²) in [5.74, 6) is 1.79. The molecule has 4 rings (SSSR count). The maximum absolute atomic E-state index is 6.17. The first-order chi connectivity index (χ1) is 13.1. The highest BCUT2D eigenvalue weighted by Gasteiger charge is 2.30. The monoisotopic (exact) mass is 379 g/mol. The van der Waals surface area contributed by atoms with E-state index in [-0.39, 0.29) is 0 Å². The molecule has 0 amide bonds. The van der Waals surface area contributed by atoms with E-state index in [1.807, 2.05) is 36.4 Å². The van der Waals surface area contributed by atoms with E-state index in [9.17, 15) is 0 Å². The standard InChI is InChI=1S/C22H22ClN3O/c1-16(2)25-15-26(22-21(25)12-18(23)13-24-22)19-8-10-20(11-9-19)27-14-17-6-4-3-5-7-17/h3-13,16H,14-15H2,1-2H3. The molecule has 0 unspecified atom stereocenters. The molecule has 0 spiro atoms. The zero-order valence-corrected chi connectivity index (χ0v) is 16.2. The first-order valence-corrected chi connectivity index (χ1v) is 9.46. The van der Waals surface area contributed by atoms with Gasteiger partial charge in [-0.3, -0.25) is 0 Å². The lowest BCUT2D eigenvalue weighted by atomic mass is 10.2. The highest BCUT2D eigenvalue weighted by Crippen LogP contribution is 2.41. The molecule has 0 bridgehead atoms. The summed E-state index contributed by atoms with van der Waals surface area (Å²) in [5.41, 5.74) is 3.31. The lowest BCUT2D eigenvalue weighted by molar-refractivity contribution is 0.306. The molecule has 3 aromatic rings. The largest absolute Gasteiger partial charge is 0.489 e. The smallest absolute Gasteiger partial charge is 0.158 e. The van der Waals surface area contributed by atoms with Gasteiger partial charge in [0.1, 0.15) is 12.4 Å². The molecule has 4 nitrogen and oxygen atoms in total. The average Bonchev–Trinajstić information content (AvgIpc) is 3.06. The minimum atomic E-state index is 0.363. The molecular formula is C22H22ClN3O. The summed E-state index contributed by atoms with van der Waals surface area (Å²) in [6.07, 6.45) is 1.70. The second kappa shape index (κ2) is 7.49. The van der Waals surface area contributed by atoms with Gasteiger partial charge in [0, 0.05) is 17.9 Å². The Bertz CT molecular complexity index is 913. The number of hydrogen-bond acceptors (Lipinski definition) is 4. The Morgan fingerprint density at radius 1 is 1.07 bits per heavy atom. The maximum Gasteiger partial charge on any atom is 0.158 e. The van der Waals surface area contributed by atoms with E-state index >= 15 is 0 Å². The van der Waals surface area contributed by atoms with Crippen LogP contribution in [-0.2, 0) is 6.61 Å². The van der Waals surface area contributed by atoms with Crippen LogP contribution in [0.15, 0.2) is 66.9 Å². The van der Waals surface area contributed by atoms with Crippen LogP contribution >= 0.6 is 11.6 Å². The number of benzene rings is 2. The summed E-state index contributed by atoms with van der Waals surface area (Å²) in [5, 5.41) is 0.658. The van der Waals surface area contributed by atoms with Gasteiger partial charge in [0.05, 0.1) is 17.4 Å². The van der Waals surface area contributed by atoms with Crippen molar-refractivity contribution >= 4 is 28.8 Å². The Hall–Kier alpha value is -2.72. The van der Waals surface area contributed by atoms with E-state index in [1.54, 1.807) is 6.20 Å². The number of pyridine rings is 1. The van der Waals surface area contributed by atoms with Gasteiger partial charge in [-0.15, -0.1) is 0 Å². The van der Waals surface area contributed by atoms with E-state index in [2.05, 4.69) is 52.9 Å². The summed E-state index contributed by atoms with van der Waals surface area (Å²) in [6, 6.07) is 20.7. The number of fused-ring (bicyclic) bond motifs is 1. The predicted octanol–water partition coefficient (Wildman–Crippen LogP) is 5.64. The number of nitrogens with zero attached hydrogens (tertiary/aromatic N) is 3. The van der Waals surface area contributed by atoms with Crippen LogP contribution in [0.3, 0.4) is 0 Å². The first kappa shape index (κ1) is 17.7. The van der Waals surface area contributed by atoms with Gasteiger partial charge in [0.15, 0.2) is 5.82 Å². The molecule has 2 heterocycles. The lowest BCUT2D eigenvalue weighted by Crippen LogP contribution is -2.33. The molecule has 0 fully saturated rings. The molecular weight excluding hydrogens is 358 g/mol. The molecule has 1 aliphatic heterocycles. The number of anilines is 3. The predicted molar refractivity (Wildman–Crippen MR) is 111 cm³/mol. The van der Waals surface area contributed by atoms with Gasteiger partial charge in [0.2, 0.25) is 0 Å². The second-order valence-electron chi connectivity index (χ2n) is 6.90. The molecule has 1 aromatic heterocycles. The minimum absolute atomic E-state index is 0.363. The third-order valence-corrected chi connectivity index (χ3v) is 4.90. The Balaban J connectivity index is 1.52. The van der Waals surface area contributed by atoms with E-state index < -0.39 is 0 Å². The van der Waals surface area contributed by atoms with Crippen molar-refractivity contribution in [2.75, 3.05) is 16.5 Å². The third-order valence-electron chi connectivity index (χ3n) is 4.69. The molecule has 138 valence electrons. The van der Waals surface area contributed by atoms with Crippen LogP contribution in [0.1, 0.15) is 19.4 Å². The van der Waals surface area contributed by atoms with Crippen molar-refractivity contribution in [2.24, 2.45) is 0 Å².